The molecule has 1 fully saturated rings. The standard InChI is InChI=1S/C15H21N.ClH/c1-3-11(2)16-14-9-6-10-15(16)13-8-5-4-7-12(13)14;/h4-5,7-8,11,14-15H,3,6,9-10H2,1-2H3;1H/t11-,14?,15?;/m1./s1. The van der Waals surface area contributed by atoms with Crippen LogP contribution in [0.3, 0.4) is 0 Å². The van der Waals surface area contributed by atoms with Gasteiger partial charge in [-0.3, -0.25) is 4.90 Å². The van der Waals surface area contributed by atoms with Crippen molar-refractivity contribution in [3.63, 3.8) is 0 Å². The zero-order valence-corrected chi connectivity index (χ0v) is 11.5. The third kappa shape index (κ3) is 1.90. The van der Waals surface area contributed by atoms with E-state index in [1.54, 1.807) is 11.1 Å². The highest BCUT2D eigenvalue weighted by Crippen LogP contribution is 2.51. The molecule has 0 aromatic heterocycles. The molecule has 94 valence electrons. The predicted octanol–water partition coefficient (Wildman–Crippen LogP) is 4.49. The third-order valence-corrected chi connectivity index (χ3v) is 4.49. The van der Waals surface area contributed by atoms with Gasteiger partial charge in [-0.2, -0.15) is 0 Å². The largest absolute Gasteiger partial charge is 0.287 e. The lowest BCUT2D eigenvalue weighted by molar-refractivity contribution is 0.0647. The summed E-state index contributed by atoms with van der Waals surface area (Å²) in [6, 6.07) is 11.3. The van der Waals surface area contributed by atoms with E-state index in [-0.39, 0.29) is 12.4 Å². The molecule has 2 unspecified atom stereocenters. The predicted molar refractivity (Wildman–Crippen MR) is 74.6 cm³/mol. The molecule has 1 nitrogen and oxygen atoms in total. The van der Waals surface area contributed by atoms with E-state index in [2.05, 4.69) is 43.0 Å². The van der Waals surface area contributed by atoms with Gasteiger partial charge >= 0.3 is 0 Å². The van der Waals surface area contributed by atoms with Crippen molar-refractivity contribution in [2.45, 2.75) is 57.7 Å². The highest BCUT2D eigenvalue weighted by molar-refractivity contribution is 5.85. The van der Waals surface area contributed by atoms with E-state index < -0.39 is 0 Å². The number of nitrogens with zero attached hydrogens (tertiary/aromatic N) is 1. The van der Waals surface area contributed by atoms with Crippen molar-refractivity contribution in [1.29, 1.82) is 0 Å². The van der Waals surface area contributed by atoms with Crippen molar-refractivity contribution in [3.05, 3.63) is 35.4 Å². The van der Waals surface area contributed by atoms with Crippen LogP contribution in [-0.4, -0.2) is 10.9 Å². The van der Waals surface area contributed by atoms with Gasteiger partial charge in [-0.05, 0) is 43.7 Å². The summed E-state index contributed by atoms with van der Waals surface area (Å²) in [5.74, 6) is 0. The number of piperidine rings is 1. The zero-order chi connectivity index (χ0) is 11.1. The second-order valence-corrected chi connectivity index (χ2v) is 5.30. The van der Waals surface area contributed by atoms with Crippen LogP contribution in [0.4, 0.5) is 0 Å². The molecule has 0 aliphatic carbocycles. The van der Waals surface area contributed by atoms with Gasteiger partial charge in [-0.15, -0.1) is 12.4 Å². The summed E-state index contributed by atoms with van der Waals surface area (Å²) in [4.78, 5) is 2.77. The summed E-state index contributed by atoms with van der Waals surface area (Å²) in [6.45, 7) is 4.70. The average Bonchev–Trinajstić information content (AvgIpc) is 2.54. The van der Waals surface area contributed by atoms with Gasteiger partial charge in [0.05, 0.1) is 0 Å². The highest BCUT2D eigenvalue weighted by Gasteiger charge is 2.42. The van der Waals surface area contributed by atoms with Crippen LogP contribution in [0.5, 0.6) is 0 Å². The van der Waals surface area contributed by atoms with Crippen molar-refractivity contribution in [2.24, 2.45) is 0 Å². The van der Waals surface area contributed by atoms with Crippen LogP contribution in [-0.2, 0) is 0 Å². The van der Waals surface area contributed by atoms with Crippen molar-refractivity contribution in [3.8, 4) is 0 Å². The van der Waals surface area contributed by atoms with Gasteiger partial charge in [0.25, 0.3) is 0 Å². The minimum Gasteiger partial charge on any atom is -0.287 e. The van der Waals surface area contributed by atoms with Gasteiger partial charge in [0.2, 0.25) is 0 Å². The molecule has 2 heteroatoms. The highest BCUT2D eigenvalue weighted by atomic mass is 35.5. The van der Waals surface area contributed by atoms with Gasteiger partial charge in [0, 0.05) is 18.1 Å². The maximum Gasteiger partial charge on any atom is 0.0360 e. The number of hydrogen-bond donors (Lipinski definition) is 0. The van der Waals surface area contributed by atoms with E-state index in [0.29, 0.717) is 12.1 Å². The second-order valence-electron chi connectivity index (χ2n) is 5.30. The molecule has 0 radical (unpaired) electrons. The Kier molecular flexibility index (Phi) is 3.79. The molecule has 3 atom stereocenters. The SMILES string of the molecule is CC[C@@H](C)N1C2CCCC1c1ccccc12.Cl. The van der Waals surface area contributed by atoms with Gasteiger partial charge in [-0.25, -0.2) is 0 Å². The monoisotopic (exact) mass is 251 g/mol. The zero-order valence-electron chi connectivity index (χ0n) is 10.7. The van der Waals surface area contributed by atoms with Crippen molar-refractivity contribution < 1.29 is 0 Å². The maximum absolute atomic E-state index is 2.77. The molecule has 2 aliphatic rings. The van der Waals surface area contributed by atoms with E-state index in [1.165, 1.54) is 25.7 Å². The summed E-state index contributed by atoms with van der Waals surface area (Å²) in [6.07, 6.45) is 5.38. The van der Waals surface area contributed by atoms with E-state index >= 15 is 0 Å². The Balaban J connectivity index is 0.00000108. The number of halogens is 1. The lowest BCUT2D eigenvalue weighted by Gasteiger charge is -2.39. The van der Waals surface area contributed by atoms with Gasteiger partial charge in [0.1, 0.15) is 0 Å². The summed E-state index contributed by atoms with van der Waals surface area (Å²) in [5.41, 5.74) is 3.23. The maximum atomic E-state index is 2.77. The molecule has 2 aliphatic heterocycles. The molecule has 0 N–H and O–H groups in total. The fourth-order valence-corrected chi connectivity index (χ4v) is 3.60. The van der Waals surface area contributed by atoms with Crippen LogP contribution in [0.2, 0.25) is 0 Å². The van der Waals surface area contributed by atoms with Gasteiger partial charge in [-0.1, -0.05) is 31.2 Å². The van der Waals surface area contributed by atoms with Crippen LogP contribution >= 0.6 is 12.4 Å². The number of benzene rings is 1. The summed E-state index contributed by atoms with van der Waals surface area (Å²) in [7, 11) is 0. The lowest BCUT2D eigenvalue weighted by atomic mass is 9.98. The first kappa shape index (κ1) is 12.9. The molecule has 2 bridgehead atoms. The Bertz CT molecular complexity index is 359. The van der Waals surface area contributed by atoms with E-state index in [4.69, 9.17) is 0 Å². The van der Waals surface area contributed by atoms with Gasteiger partial charge < -0.3 is 0 Å². The molecule has 1 aromatic rings. The van der Waals surface area contributed by atoms with Crippen molar-refractivity contribution in [2.75, 3.05) is 0 Å². The first-order valence-electron chi connectivity index (χ1n) is 6.69. The number of rotatable bonds is 2. The van der Waals surface area contributed by atoms with Gasteiger partial charge in [0.15, 0.2) is 0 Å². The number of fused-ring (bicyclic) bond motifs is 5. The Morgan fingerprint density at radius 3 is 2.18 bits per heavy atom. The molecule has 0 amide bonds. The van der Waals surface area contributed by atoms with Crippen LogP contribution in [0.15, 0.2) is 24.3 Å². The molecule has 2 heterocycles. The fraction of sp³-hybridized carbons (Fsp3) is 0.600. The lowest BCUT2D eigenvalue weighted by Crippen LogP contribution is -2.37. The van der Waals surface area contributed by atoms with E-state index in [1.807, 2.05) is 0 Å². The topological polar surface area (TPSA) is 3.24 Å². The molecule has 17 heavy (non-hydrogen) atoms. The Morgan fingerprint density at radius 1 is 1.18 bits per heavy atom. The van der Waals surface area contributed by atoms with Crippen LogP contribution in [0.25, 0.3) is 0 Å². The first-order valence-corrected chi connectivity index (χ1v) is 6.69. The smallest absolute Gasteiger partial charge is 0.0360 e. The van der Waals surface area contributed by atoms with Crippen LogP contribution in [0.1, 0.15) is 62.7 Å². The van der Waals surface area contributed by atoms with E-state index in [9.17, 15) is 0 Å². The third-order valence-electron chi connectivity index (χ3n) is 4.49. The summed E-state index contributed by atoms with van der Waals surface area (Å²) in [5, 5.41) is 0. The number of hydrogen-bond acceptors (Lipinski definition) is 1. The fourth-order valence-electron chi connectivity index (χ4n) is 3.60. The Labute approximate surface area is 111 Å². The quantitative estimate of drug-likeness (QED) is 0.749. The first-order chi connectivity index (χ1) is 7.83. The molecular formula is C15H22ClN. The summed E-state index contributed by atoms with van der Waals surface area (Å²) >= 11 is 0. The van der Waals surface area contributed by atoms with Crippen molar-refractivity contribution in [1.82, 2.24) is 4.90 Å². The molecule has 1 aromatic carbocycles. The normalized spacial score (nSPS) is 28.4. The molecule has 0 saturated carbocycles. The van der Waals surface area contributed by atoms with Crippen LogP contribution in [0, 0.1) is 0 Å². The van der Waals surface area contributed by atoms with Crippen molar-refractivity contribution >= 4 is 12.4 Å². The minimum atomic E-state index is 0. The molecular weight excluding hydrogens is 230 g/mol. The van der Waals surface area contributed by atoms with Crippen LogP contribution < -0.4 is 0 Å². The molecule has 1 saturated heterocycles. The average molecular weight is 252 g/mol. The Hall–Kier alpha value is -0.530. The van der Waals surface area contributed by atoms with E-state index in [0.717, 1.165) is 6.04 Å². The minimum absolute atomic E-state index is 0. The molecule has 3 rings (SSSR count). The molecule has 0 spiro atoms. The Morgan fingerprint density at radius 2 is 1.71 bits per heavy atom. The second kappa shape index (κ2) is 4.99. The summed E-state index contributed by atoms with van der Waals surface area (Å²) < 4.78 is 0.